The molecule has 0 saturated heterocycles. The van der Waals surface area contributed by atoms with Gasteiger partial charge in [0.2, 0.25) is 0 Å². The molecule has 0 atom stereocenters. The molecule has 0 aliphatic heterocycles. The maximum Gasteiger partial charge on any atom is 0.387 e. The second-order valence-corrected chi connectivity index (χ2v) is 3.07. The number of halogens is 3. The third kappa shape index (κ3) is 2.42. The standard InChI is InChI=1S/C9H7ClF2O2/c1-5-2-6(4-13)8(7(10)3-5)14-9(11)12/h2-4,9H,1H3. The van der Waals surface area contributed by atoms with Crippen LogP contribution in [0, 0.1) is 6.92 Å². The van der Waals surface area contributed by atoms with Gasteiger partial charge in [0.15, 0.2) is 12.0 Å². The van der Waals surface area contributed by atoms with Crippen molar-refractivity contribution in [1.82, 2.24) is 0 Å². The van der Waals surface area contributed by atoms with Gasteiger partial charge in [-0.15, -0.1) is 0 Å². The Morgan fingerprint density at radius 3 is 2.64 bits per heavy atom. The van der Waals surface area contributed by atoms with Crippen molar-refractivity contribution in [3.63, 3.8) is 0 Å². The van der Waals surface area contributed by atoms with Crippen LogP contribution in [0.25, 0.3) is 0 Å². The number of benzene rings is 1. The Labute approximate surface area is 84.4 Å². The summed E-state index contributed by atoms with van der Waals surface area (Å²) in [4.78, 5) is 10.5. The first-order valence-corrected chi connectivity index (χ1v) is 4.12. The molecule has 0 bridgehead atoms. The van der Waals surface area contributed by atoms with Crippen LogP contribution >= 0.6 is 11.6 Å². The van der Waals surface area contributed by atoms with E-state index >= 15 is 0 Å². The summed E-state index contributed by atoms with van der Waals surface area (Å²) in [5.41, 5.74) is 0.731. The molecule has 14 heavy (non-hydrogen) atoms. The molecule has 0 aromatic heterocycles. The first-order chi connectivity index (χ1) is 6.54. The number of hydrogen-bond acceptors (Lipinski definition) is 2. The van der Waals surface area contributed by atoms with Crippen molar-refractivity contribution in [3.05, 3.63) is 28.3 Å². The second kappa shape index (κ2) is 4.37. The van der Waals surface area contributed by atoms with Crippen LogP contribution in [0.4, 0.5) is 8.78 Å². The normalized spacial score (nSPS) is 10.4. The summed E-state index contributed by atoms with van der Waals surface area (Å²) in [7, 11) is 0. The minimum absolute atomic E-state index is 0.00685. The maximum atomic E-state index is 11.9. The lowest BCUT2D eigenvalue weighted by Crippen LogP contribution is -2.05. The predicted molar refractivity (Wildman–Crippen MR) is 48.2 cm³/mol. The number of alkyl halides is 2. The molecule has 5 heteroatoms. The van der Waals surface area contributed by atoms with Crippen molar-refractivity contribution >= 4 is 17.9 Å². The van der Waals surface area contributed by atoms with Gasteiger partial charge in [-0.2, -0.15) is 8.78 Å². The van der Waals surface area contributed by atoms with E-state index in [1.54, 1.807) is 6.92 Å². The van der Waals surface area contributed by atoms with Crippen LogP contribution in [0.3, 0.4) is 0 Å². The van der Waals surface area contributed by atoms with Gasteiger partial charge < -0.3 is 4.74 Å². The lowest BCUT2D eigenvalue weighted by molar-refractivity contribution is -0.0500. The number of aldehydes is 1. The van der Waals surface area contributed by atoms with Crippen LogP contribution in [-0.2, 0) is 0 Å². The maximum absolute atomic E-state index is 11.9. The summed E-state index contributed by atoms with van der Waals surface area (Å²) in [6.45, 7) is -1.29. The van der Waals surface area contributed by atoms with Crippen LogP contribution in [0.5, 0.6) is 5.75 Å². The van der Waals surface area contributed by atoms with Crippen molar-refractivity contribution in [3.8, 4) is 5.75 Å². The van der Waals surface area contributed by atoms with Crippen LogP contribution in [0.15, 0.2) is 12.1 Å². The molecular weight excluding hydrogens is 214 g/mol. The van der Waals surface area contributed by atoms with Crippen molar-refractivity contribution in [2.45, 2.75) is 13.5 Å². The van der Waals surface area contributed by atoms with Gasteiger partial charge in [-0.3, -0.25) is 4.79 Å². The van der Waals surface area contributed by atoms with E-state index in [9.17, 15) is 13.6 Å². The fraction of sp³-hybridized carbons (Fsp3) is 0.222. The van der Waals surface area contributed by atoms with Gasteiger partial charge in [-0.1, -0.05) is 11.6 Å². The molecule has 1 aromatic rings. The SMILES string of the molecule is Cc1cc(Cl)c(OC(F)F)c(C=O)c1. The molecule has 0 radical (unpaired) electrons. The first kappa shape index (κ1) is 10.9. The fourth-order valence-electron chi connectivity index (χ4n) is 1.06. The smallest absolute Gasteiger partial charge is 0.387 e. The highest BCUT2D eigenvalue weighted by atomic mass is 35.5. The van der Waals surface area contributed by atoms with E-state index in [1.807, 2.05) is 0 Å². The molecule has 1 aromatic carbocycles. The molecule has 0 aliphatic carbocycles. The Hall–Kier alpha value is -1.16. The fourth-order valence-corrected chi connectivity index (χ4v) is 1.38. The summed E-state index contributed by atoms with van der Waals surface area (Å²) >= 11 is 5.64. The Bertz CT molecular complexity index is 353. The van der Waals surface area contributed by atoms with Crippen LogP contribution in [-0.4, -0.2) is 12.9 Å². The molecule has 0 N–H and O–H groups in total. The van der Waals surface area contributed by atoms with Gasteiger partial charge in [-0.25, -0.2) is 0 Å². The molecule has 0 saturated carbocycles. The van der Waals surface area contributed by atoms with Crippen LogP contribution in [0.1, 0.15) is 15.9 Å². The molecular formula is C9H7ClF2O2. The first-order valence-electron chi connectivity index (χ1n) is 3.74. The van der Waals surface area contributed by atoms with Gasteiger partial charge in [0, 0.05) is 0 Å². The Morgan fingerprint density at radius 1 is 1.50 bits per heavy atom. The van der Waals surface area contributed by atoms with E-state index in [1.165, 1.54) is 12.1 Å². The summed E-state index contributed by atoms with van der Waals surface area (Å²) in [6, 6.07) is 2.88. The molecule has 2 nitrogen and oxygen atoms in total. The van der Waals surface area contributed by atoms with E-state index in [-0.39, 0.29) is 16.3 Å². The van der Waals surface area contributed by atoms with Crippen LogP contribution in [0.2, 0.25) is 5.02 Å². The Kier molecular flexibility index (Phi) is 3.41. The number of rotatable bonds is 3. The van der Waals surface area contributed by atoms with Crippen molar-refractivity contribution < 1.29 is 18.3 Å². The van der Waals surface area contributed by atoms with E-state index < -0.39 is 6.61 Å². The van der Waals surface area contributed by atoms with E-state index in [0.29, 0.717) is 11.8 Å². The zero-order valence-electron chi connectivity index (χ0n) is 7.26. The molecule has 0 spiro atoms. The third-order valence-electron chi connectivity index (χ3n) is 1.55. The topological polar surface area (TPSA) is 26.3 Å². The summed E-state index contributed by atoms with van der Waals surface area (Å²) in [5.74, 6) is -0.276. The minimum atomic E-state index is -2.99. The van der Waals surface area contributed by atoms with Crippen molar-refractivity contribution in [2.75, 3.05) is 0 Å². The highest BCUT2D eigenvalue weighted by molar-refractivity contribution is 6.32. The Morgan fingerprint density at radius 2 is 2.14 bits per heavy atom. The summed E-state index contributed by atoms with van der Waals surface area (Å²) in [5, 5.41) is 0.00685. The molecule has 0 heterocycles. The second-order valence-electron chi connectivity index (χ2n) is 2.66. The van der Waals surface area contributed by atoms with Gasteiger partial charge in [0.25, 0.3) is 0 Å². The van der Waals surface area contributed by atoms with Crippen molar-refractivity contribution in [2.24, 2.45) is 0 Å². The summed E-state index contributed by atoms with van der Waals surface area (Å²) < 4.78 is 28.0. The lowest BCUT2D eigenvalue weighted by Gasteiger charge is -2.09. The minimum Gasteiger partial charge on any atom is -0.432 e. The van der Waals surface area contributed by atoms with Gasteiger partial charge in [0.05, 0.1) is 10.6 Å². The monoisotopic (exact) mass is 220 g/mol. The third-order valence-corrected chi connectivity index (χ3v) is 1.83. The quantitative estimate of drug-likeness (QED) is 0.732. The van der Waals surface area contributed by atoms with E-state index in [2.05, 4.69) is 4.74 Å². The van der Waals surface area contributed by atoms with Crippen LogP contribution < -0.4 is 4.74 Å². The highest BCUT2D eigenvalue weighted by Crippen LogP contribution is 2.30. The zero-order valence-corrected chi connectivity index (χ0v) is 8.02. The number of aryl methyl sites for hydroxylation is 1. The van der Waals surface area contributed by atoms with E-state index in [4.69, 9.17) is 11.6 Å². The highest BCUT2D eigenvalue weighted by Gasteiger charge is 2.13. The zero-order chi connectivity index (χ0) is 10.7. The Balaban J connectivity index is 3.18. The van der Waals surface area contributed by atoms with Crippen molar-refractivity contribution in [1.29, 1.82) is 0 Å². The molecule has 0 fully saturated rings. The average molecular weight is 221 g/mol. The largest absolute Gasteiger partial charge is 0.432 e. The molecule has 1 rings (SSSR count). The predicted octanol–water partition coefficient (Wildman–Crippen LogP) is 3.06. The number of carbonyl (C=O) groups excluding carboxylic acids is 1. The summed E-state index contributed by atoms with van der Waals surface area (Å²) in [6.07, 6.45) is 0.427. The lowest BCUT2D eigenvalue weighted by atomic mass is 10.1. The van der Waals surface area contributed by atoms with Gasteiger partial charge in [0.1, 0.15) is 0 Å². The molecule has 0 unspecified atom stereocenters. The molecule has 76 valence electrons. The molecule has 0 aliphatic rings. The number of hydrogen-bond donors (Lipinski definition) is 0. The van der Waals surface area contributed by atoms with Gasteiger partial charge in [-0.05, 0) is 24.6 Å². The van der Waals surface area contributed by atoms with E-state index in [0.717, 1.165) is 0 Å². The molecule has 0 amide bonds. The number of ether oxygens (including phenoxy) is 1. The van der Waals surface area contributed by atoms with Gasteiger partial charge >= 0.3 is 6.61 Å². The average Bonchev–Trinajstić information content (AvgIpc) is 2.08. The number of carbonyl (C=O) groups is 1.